The van der Waals surface area contributed by atoms with Crippen LogP contribution in [0.3, 0.4) is 0 Å². The van der Waals surface area contributed by atoms with Crippen LogP contribution in [0.2, 0.25) is 0 Å². The summed E-state index contributed by atoms with van der Waals surface area (Å²) in [6, 6.07) is 6.54. The third-order valence-corrected chi connectivity index (χ3v) is 3.61. The first-order chi connectivity index (χ1) is 9.08. The summed E-state index contributed by atoms with van der Waals surface area (Å²) in [7, 11) is 0. The summed E-state index contributed by atoms with van der Waals surface area (Å²) in [5.74, 6) is -0.755. The van der Waals surface area contributed by atoms with Crippen molar-refractivity contribution in [1.82, 2.24) is 4.90 Å². The highest BCUT2D eigenvalue weighted by Crippen LogP contribution is 2.25. The number of carbonyl (C=O) groups is 1. The van der Waals surface area contributed by atoms with E-state index in [0.29, 0.717) is 0 Å². The molecule has 0 radical (unpaired) electrons. The van der Waals surface area contributed by atoms with Gasteiger partial charge in [-0.05, 0) is 37.4 Å². The molecule has 1 aliphatic rings. The van der Waals surface area contributed by atoms with E-state index >= 15 is 0 Å². The normalized spacial score (nSPS) is 14.2. The van der Waals surface area contributed by atoms with Gasteiger partial charge in [0.2, 0.25) is 0 Å². The lowest BCUT2D eigenvalue weighted by Crippen LogP contribution is -2.31. The van der Waals surface area contributed by atoms with Crippen LogP contribution in [0, 0.1) is 6.92 Å². The molecule has 0 aliphatic heterocycles. The minimum absolute atomic E-state index is 0.120. The standard InChI is InChI=1S/C16H21NO2/c1-3-17(11-16(18)19)10-13-5-7-14-8-12(2)4-6-15(14)9-13/h4,6,8-9H,3,5,7,10-11H2,1-2H3,(H,18,19). The van der Waals surface area contributed by atoms with E-state index < -0.39 is 5.97 Å². The Bertz CT molecular complexity index is 505. The van der Waals surface area contributed by atoms with Crippen LogP contribution in [0.1, 0.15) is 30.0 Å². The maximum Gasteiger partial charge on any atom is 0.317 e. The van der Waals surface area contributed by atoms with E-state index in [1.54, 1.807) is 0 Å². The lowest BCUT2D eigenvalue weighted by Gasteiger charge is -2.23. The molecule has 1 aromatic carbocycles. The first-order valence-electron chi connectivity index (χ1n) is 6.81. The summed E-state index contributed by atoms with van der Waals surface area (Å²) in [5.41, 5.74) is 5.33. The second-order valence-electron chi connectivity index (χ2n) is 5.20. The van der Waals surface area contributed by atoms with Crippen LogP contribution < -0.4 is 0 Å². The molecule has 19 heavy (non-hydrogen) atoms. The highest BCUT2D eigenvalue weighted by Gasteiger charge is 2.14. The van der Waals surface area contributed by atoms with E-state index in [-0.39, 0.29) is 6.54 Å². The van der Waals surface area contributed by atoms with Gasteiger partial charge in [0.25, 0.3) is 0 Å². The highest BCUT2D eigenvalue weighted by molar-refractivity contribution is 5.69. The van der Waals surface area contributed by atoms with Gasteiger partial charge in [-0.3, -0.25) is 9.69 Å². The number of hydrogen-bond acceptors (Lipinski definition) is 2. The number of likely N-dealkylation sites (N-methyl/N-ethyl adjacent to an activating group) is 1. The number of aliphatic carboxylic acids is 1. The van der Waals surface area contributed by atoms with E-state index in [1.165, 1.54) is 22.3 Å². The van der Waals surface area contributed by atoms with Gasteiger partial charge in [0.15, 0.2) is 0 Å². The molecule has 0 saturated carbocycles. The van der Waals surface area contributed by atoms with Crippen molar-refractivity contribution in [2.24, 2.45) is 0 Å². The molecule has 2 rings (SSSR count). The summed E-state index contributed by atoms with van der Waals surface area (Å²) >= 11 is 0. The number of carboxylic acid groups (broad SMARTS) is 1. The van der Waals surface area contributed by atoms with Crippen molar-refractivity contribution in [3.8, 4) is 0 Å². The Balaban J connectivity index is 2.10. The van der Waals surface area contributed by atoms with Crippen LogP contribution in [0.4, 0.5) is 0 Å². The van der Waals surface area contributed by atoms with Crippen LogP contribution >= 0.6 is 0 Å². The van der Waals surface area contributed by atoms with E-state index in [4.69, 9.17) is 5.11 Å². The number of aryl methyl sites for hydroxylation is 2. The van der Waals surface area contributed by atoms with Crippen LogP contribution in [-0.2, 0) is 11.2 Å². The lowest BCUT2D eigenvalue weighted by atomic mass is 9.91. The van der Waals surface area contributed by atoms with Crippen molar-refractivity contribution in [1.29, 1.82) is 0 Å². The molecule has 0 saturated heterocycles. The maximum absolute atomic E-state index is 10.8. The summed E-state index contributed by atoms with van der Waals surface area (Å²) in [6.07, 6.45) is 4.32. The Morgan fingerprint density at radius 3 is 2.84 bits per heavy atom. The van der Waals surface area contributed by atoms with Crippen molar-refractivity contribution in [3.05, 3.63) is 40.5 Å². The van der Waals surface area contributed by atoms with Crippen molar-refractivity contribution in [2.75, 3.05) is 19.6 Å². The summed E-state index contributed by atoms with van der Waals surface area (Å²) in [5, 5.41) is 8.87. The first kappa shape index (κ1) is 13.8. The maximum atomic E-state index is 10.8. The molecule has 3 nitrogen and oxygen atoms in total. The Hall–Kier alpha value is -1.61. The molecule has 1 aromatic rings. The zero-order valence-electron chi connectivity index (χ0n) is 11.6. The summed E-state index contributed by atoms with van der Waals surface area (Å²) < 4.78 is 0. The van der Waals surface area contributed by atoms with Crippen LogP contribution in [0.15, 0.2) is 23.8 Å². The monoisotopic (exact) mass is 259 g/mol. The van der Waals surface area contributed by atoms with E-state index in [1.807, 2.05) is 11.8 Å². The third-order valence-electron chi connectivity index (χ3n) is 3.61. The molecule has 0 fully saturated rings. The van der Waals surface area contributed by atoms with Crippen molar-refractivity contribution in [3.63, 3.8) is 0 Å². The Labute approximate surface area is 114 Å². The summed E-state index contributed by atoms with van der Waals surface area (Å²) in [6.45, 7) is 5.77. The molecule has 0 amide bonds. The average Bonchev–Trinajstić information content (AvgIpc) is 2.37. The van der Waals surface area contributed by atoms with Crippen LogP contribution in [0.25, 0.3) is 6.08 Å². The molecule has 3 heteroatoms. The Morgan fingerprint density at radius 2 is 2.16 bits per heavy atom. The molecule has 1 N–H and O–H groups in total. The molecular weight excluding hydrogens is 238 g/mol. The number of nitrogens with zero attached hydrogens (tertiary/aromatic N) is 1. The average molecular weight is 259 g/mol. The van der Waals surface area contributed by atoms with Crippen molar-refractivity contribution in [2.45, 2.75) is 26.7 Å². The molecule has 0 atom stereocenters. The van der Waals surface area contributed by atoms with Gasteiger partial charge in [-0.1, -0.05) is 42.3 Å². The zero-order chi connectivity index (χ0) is 13.8. The lowest BCUT2D eigenvalue weighted by molar-refractivity contribution is -0.138. The molecule has 0 bridgehead atoms. The van der Waals surface area contributed by atoms with E-state index in [0.717, 1.165) is 25.9 Å². The SMILES string of the molecule is CCN(CC(=O)O)CC1=Cc2ccc(C)cc2CC1. The zero-order valence-corrected chi connectivity index (χ0v) is 11.6. The molecule has 0 spiro atoms. The fourth-order valence-electron chi connectivity index (χ4n) is 2.56. The first-order valence-corrected chi connectivity index (χ1v) is 6.81. The topological polar surface area (TPSA) is 40.5 Å². The molecule has 0 heterocycles. The number of hydrogen-bond donors (Lipinski definition) is 1. The molecular formula is C16H21NO2. The van der Waals surface area contributed by atoms with E-state index in [9.17, 15) is 4.79 Å². The van der Waals surface area contributed by atoms with Gasteiger partial charge in [-0.25, -0.2) is 0 Å². The molecule has 0 aromatic heterocycles. The molecule has 0 unspecified atom stereocenters. The second-order valence-corrected chi connectivity index (χ2v) is 5.20. The summed E-state index contributed by atoms with van der Waals surface area (Å²) in [4.78, 5) is 12.8. The van der Waals surface area contributed by atoms with Gasteiger partial charge >= 0.3 is 5.97 Å². The predicted molar refractivity (Wildman–Crippen MR) is 77.2 cm³/mol. The highest BCUT2D eigenvalue weighted by atomic mass is 16.4. The van der Waals surface area contributed by atoms with Gasteiger partial charge < -0.3 is 5.11 Å². The smallest absolute Gasteiger partial charge is 0.317 e. The number of rotatable bonds is 5. The fraction of sp³-hybridized carbons (Fsp3) is 0.438. The van der Waals surface area contributed by atoms with Crippen molar-refractivity contribution < 1.29 is 9.90 Å². The van der Waals surface area contributed by atoms with Gasteiger partial charge in [0.1, 0.15) is 0 Å². The third kappa shape index (κ3) is 3.67. The van der Waals surface area contributed by atoms with Gasteiger partial charge in [-0.2, -0.15) is 0 Å². The number of benzene rings is 1. The largest absolute Gasteiger partial charge is 0.480 e. The van der Waals surface area contributed by atoms with Gasteiger partial charge in [-0.15, -0.1) is 0 Å². The fourth-order valence-corrected chi connectivity index (χ4v) is 2.56. The van der Waals surface area contributed by atoms with E-state index in [2.05, 4.69) is 31.2 Å². The molecule has 102 valence electrons. The number of fused-ring (bicyclic) bond motifs is 1. The van der Waals surface area contributed by atoms with Gasteiger partial charge in [0.05, 0.1) is 6.54 Å². The Morgan fingerprint density at radius 1 is 1.37 bits per heavy atom. The van der Waals surface area contributed by atoms with Crippen LogP contribution in [-0.4, -0.2) is 35.6 Å². The predicted octanol–water partition coefficient (Wildman–Crippen LogP) is 2.73. The number of carboxylic acids is 1. The minimum atomic E-state index is -0.755. The van der Waals surface area contributed by atoms with Gasteiger partial charge in [0, 0.05) is 6.54 Å². The molecule has 1 aliphatic carbocycles. The van der Waals surface area contributed by atoms with Crippen LogP contribution in [0.5, 0.6) is 0 Å². The Kier molecular flexibility index (Phi) is 4.38. The van der Waals surface area contributed by atoms with Crippen molar-refractivity contribution >= 4 is 12.0 Å². The quantitative estimate of drug-likeness (QED) is 0.884. The minimum Gasteiger partial charge on any atom is -0.480 e. The second kappa shape index (κ2) is 6.02.